The van der Waals surface area contributed by atoms with Gasteiger partial charge in [-0.3, -0.25) is 4.90 Å². The zero-order valence-electron chi connectivity index (χ0n) is 16.7. The summed E-state index contributed by atoms with van der Waals surface area (Å²) in [6.45, 7) is 2.87. The molecule has 0 N–H and O–H groups in total. The van der Waals surface area contributed by atoms with Crippen LogP contribution in [0.3, 0.4) is 0 Å². The number of nitrogens with zero attached hydrogens (tertiary/aromatic N) is 5. The molecule has 0 radical (unpaired) electrons. The predicted molar refractivity (Wildman–Crippen MR) is 115 cm³/mol. The van der Waals surface area contributed by atoms with Crippen molar-refractivity contribution in [3.63, 3.8) is 0 Å². The molecule has 5 nitrogen and oxygen atoms in total. The van der Waals surface area contributed by atoms with E-state index in [4.69, 9.17) is 16.9 Å². The number of likely N-dealkylation sites (tertiary alicyclic amines) is 1. The van der Waals surface area contributed by atoms with Crippen LogP contribution in [0.4, 0.5) is 4.39 Å². The Hall–Kier alpha value is -2.49. The number of alkyl halides is 1. The van der Waals surface area contributed by atoms with Crippen molar-refractivity contribution >= 4 is 22.6 Å². The summed E-state index contributed by atoms with van der Waals surface area (Å²) in [5.41, 5.74) is 3.22. The Labute approximate surface area is 180 Å². The fourth-order valence-electron chi connectivity index (χ4n) is 4.13. The van der Waals surface area contributed by atoms with Crippen LogP contribution in [0.25, 0.3) is 22.2 Å². The summed E-state index contributed by atoms with van der Waals surface area (Å²) in [4.78, 5) is 2.20. The van der Waals surface area contributed by atoms with E-state index in [0.717, 1.165) is 46.7 Å². The van der Waals surface area contributed by atoms with Gasteiger partial charge in [0, 0.05) is 44.6 Å². The van der Waals surface area contributed by atoms with Crippen molar-refractivity contribution in [2.24, 2.45) is 5.92 Å². The molecule has 0 amide bonds. The monoisotopic (exact) mass is 423 g/mol. The van der Waals surface area contributed by atoms with E-state index in [2.05, 4.69) is 45.5 Å². The molecular weight excluding hydrogens is 401 g/mol. The van der Waals surface area contributed by atoms with Crippen LogP contribution in [0, 0.1) is 17.2 Å². The molecule has 2 aromatic carbocycles. The molecule has 2 heterocycles. The van der Waals surface area contributed by atoms with Gasteiger partial charge in [-0.15, -0.1) is 5.10 Å². The van der Waals surface area contributed by atoms with E-state index in [9.17, 15) is 4.39 Å². The molecule has 1 aliphatic carbocycles. The number of aromatic nitrogens is 3. The number of fused-ring (bicyclic) bond motifs is 1. The van der Waals surface area contributed by atoms with E-state index >= 15 is 0 Å². The van der Waals surface area contributed by atoms with Gasteiger partial charge >= 0.3 is 0 Å². The molecule has 0 atom stereocenters. The molecule has 2 aliphatic rings. The predicted octanol–water partition coefficient (Wildman–Crippen LogP) is 4.99. The highest BCUT2D eigenvalue weighted by atomic mass is 35.5. The molecule has 0 spiro atoms. The molecule has 5 rings (SSSR count). The quantitative estimate of drug-likeness (QED) is 0.580. The minimum absolute atomic E-state index is 0.276. The van der Waals surface area contributed by atoms with Gasteiger partial charge in [-0.25, -0.2) is 9.07 Å². The molecule has 1 saturated heterocycles. The number of halogens is 2. The molecule has 154 valence electrons. The Morgan fingerprint density at radius 2 is 1.87 bits per heavy atom. The maximum Gasteiger partial charge on any atom is 0.198 e. The highest BCUT2D eigenvalue weighted by Crippen LogP contribution is 2.36. The summed E-state index contributed by atoms with van der Waals surface area (Å²) in [6.07, 6.45) is 3.09. The summed E-state index contributed by atoms with van der Waals surface area (Å²) >= 11 is 6.69. The van der Waals surface area contributed by atoms with Gasteiger partial charge in [0.2, 0.25) is 0 Å². The smallest absolute Gasteiger partial charge is 0.198 e. The second-order valence-electron chi connectivity index (χ2n) is 8.56. The Morgan fingerprint density at radius 1 is 1.13 bits per heavy atom. The fourth-order valence-corrected chi connectivity index (χ4v) is 4.44. The van der Waals surface area contributed by atoms with E-state index in [1.54, 1.807) is 6.07 Å². The number of nitriles is 1. The minimum Gasteiger partial charge on any atom is -0.299 e. The second kappa shape index (κ2) is 7.64. The van der Waals surface area contributed by atoms with Crippen LogP contribution >= 0.6 is 11.6 Å². The van der Waals surface area contributed by atoms with Crippen molar-refractivity contribution in [1.29, 1.82) is 5.26 Å². The fraction of sp³-hybridized carbons (Fsp3) is 0.435. The largest absolute Gasteiger partial charge is 0.299 e. The number of piperidine rings is 1. The molecule has 3 aromatic rings. The summed E-state index contributed by atoms with van der Waals surface area (Å²) in [7, 11) is 0. The molecule has 1 aliphatic heterocycles. The summed E-state index contributed by atoms with van der Waals surface area (Å²) in [6, 6.07) is 14.2. The van der Waals surface area contributed by atoms with Gasteiger partial charge in [0.15, 0.2) is 5.67 Å². The molecule has 0 bridgehead atoms. The molecular formula is C23H23ClFN5. The maximum atomic E-state index is 14.1. The maximum absolute atomic E-state index is 14.1. The summed E-state index contributed by atoms with van der Waals surface area (Å²) in [5.74, 6) is 0.724. The third-order valence-electron chi connectivity index (χ3n) is 6.27. The first-order valence-electron chi connectivity index (χ1n) is 10.5. The van der Waals surface area contributed by atoms with Gasteiger partial charge in [-0.05, 0) is 36.0 Å². The Balaban J connectivity index is 1.31. The first-order chi connectivity index (χ1) is 14.5. The zero-order chi connectivity index (χ0) is 20.7. The van der Waals surface area contributed by atoms with E-state index in [0.29, 0.717) is 18.1 Å². The lowest BCUT2D eigenvalue weighted by Gasteiger charge is -2.32. The third kappa shape index (κ3) is 3.80. The number of hydrogen-bond donors (Lipinski definition) is 0. The Morgan fingerprint density at radius 3 is 2.53 bits per heavy atom. The van der Waals surface area contributed by atoms with Gasteiger partial charge in [0.05, 0.1) is 10.5 Å². The van der Waals surface area contributed by atoms with Crippen molar-refractivity contribution in [2.45, 2.75) is 44.4 Å². The van der Waals surface area contributed by atoms with E-state index < -0.39 is 5.67 Å². The molecule has 0 unspecified atom stereocenters. The van der Waals surface area contributed by atoms with Crippen LogP contribution in [0.2, 0.25) is 5.02 Å². The van der Waals surface area contributed by atoms with Crippen LogP contribution < -0.4 is 0 Å². The Kier molecular flexibility index (Phi) is 4.96. The van der Waals surface area contributed by atoms with Gasteiger partial charge in [-0.1, -0.05) is 47.1 Å². The molecule has 30 heavy (non-hydrogen) atoms. The van der Waals surface area contributed by atoms with Crippen LogP contribution in [-0.4, -0.2) is 38.7 Å². The van der Waals surface area contributed by atoms with Crippen LogP contribution in [0.15, 0.2) is 36.4 Å². The summed E-state index contributed by atoms with van der Waals surface area (Å²) < 4.78 is 16.0. The van der Waals surface area contributed by atoms with Crippen LogP contribution in [0.5, 0.6) is 0 Å². The van der Waals surface area contributed by atoms with E-state index in [1.165, 1.54) is 12.8 Å². The zero-order valence-corrected chi connectivity index (χ0v) is 17.4. The van der Waals surface area contributed by atoms with Crippen molar-refractivity contribution < 1.29 is 4.39 Å². The number of hydrogen-bond acceptors (Lipinski definition) is 4. The molecule has 2 fully saturated rings. The molecule has 1 saturated carbocycles. The average Bonchev–Trinajstić information content (AvgIpc) is 3.49. The Bertz CT molecular complexity index is 1110. The molecule has 7 heteroatoms. The van der Waals surface area contributed by atoms with Crippen molar-refractivity contribution in [3.05, 3.63) is 47.0 Å². The van der Waals surface area contributed by atoms with Crippen LogP contribution in [-0.2, 0) is 13.1 Å². The number of rotatable bonds is 5. The second-order valence-corrected chi connectivity index (χ2v) is 8.94. The highest BCUT2D eigenvalue weighted by Gasteiger charge is 2.34. The van der Waals surface area contributed by atoms with Crippen molar-refractivity contribution in [2.75, 3.05) is 13.1 Å². The van der Waals surface area contributed by atoms with E-state index in [-0.39, 0.29) is 12.8 Å². The van der Waals surface area contributed by atoms with Crippen LogP contribution in [0.1, 0.15) is 31.2 Å². The van der Waals surface area contributed by atoms with Gasteiger partial charge in [0.1, 0.15) is 11.6 Å². The highest BCUT2D eigenvalue weighted by molar-refractivity contribution is 6.37. The lowest BCUT2D eigenvalue weighted by Crippen LogP contribution is -2.40. The normalized spacial score (nSPS) is 19.1. The SMILES string of the molecule is N#CC1(F)CCN(Cc2ccc(-c3ccc4c(nnn4CC4CC4)c3Cl)cc2)CC1. The first-order valence-corrected chi connectivity index (χ1v) is 10.9. The van der Waals surface area contributed by atoms with Crippen molar-refractivity contribution in [3.8, 4) is 17.2 Å². The van der Waals surface area contributed by atoms with Gasteiger partial charge in [-0.2, -0.15) is 5.26 Å². The third-order valence-corrected chi connectivity index (χ3v) is 6.66. The minimum atomic E-state index is -1.66. The van der Waals surface area contributed by atoms with E-state index in [1.807, 2.05) is 10.7 Å². The van der Waals surface area contributed by atoms with Crippen molar-refractivity contribution in [1.82, 2.24) is 19.9 Å². The summed E-state index contributed by atoms with van der Waals surface area (Å²) in [5, 5.41) is 18.2. The van der Waals surface area contributed by atoms with Gasteiger partial charge < -0.3 is 0 Å². The standard InChI is InChI=1S/C23H23ClFN5/c24-21-19(7-8-20-22(21)27-28-30(20)14-17-1-2-17)18-5-3-16(4-6-18)13-29-11-9-23(25,15-26)10-12-29/h3-8,17H,1-2,9-14H2. The first kappa shape index (κ1) is 19.5. The number of benzene rings is 2. The van der Waals surface area contributed by atoms with Gasteiger partial charge in [0.25, 0.3) is 0 Å². The topological polar surface area (TPSA) is 57.7 Å². The molecule has 1 aromatic heterocycles. The lowest BCUT2D eigenvalue weighted by molar-refractivity contribution is 0.0984. The lowest BCUT2D eigenvalue weighted by atomic mass is 9.94. The average molecular weight is 424 g/mol.